The first kappa shape index (κ1) is 16.8. The van der Waals surface area contributed by atoms with Gasteiger partial charge in [-0.1, -0.05) is 30.3 Å². The fraction of sp³-hybridized carbons (Fsp3) is 0.400. The van der Waals surface area contributed by atoms with Crippen molar-refractivity contribution >= 4 is 18.1 Å². The SMILES string of the molecule is C[C@H](N)C(=O)N[C@@H](C)C(=O)N[C@H]([C]=O)Cc1ccccc1. The molecule has 3 atom stereocenters. The molecular weight excluding hydrogens is 270 g/mol. The van der Waals surface area contributed by atoms with Gasteiger partial charge in [0.2, 0.25) is 18.1 Å². The Morgan fingerprint density at radius 3 is 2.29 bits per heavy atom. The van der Waals surface area contributed by atoms with Crippen LogP contribution in [0.25, 0.3) is 0 Å². The number of carbonyl (C=O) groups is 2. The Morgan fingerprint density at radius 1 is 1.14 bits per heavy atom. The van der Waals surface area contributed by atoms with E-state index >= 15 is 0 Å². The van der Waals surface area contributed by atoms with E-state index in [4.69, 9.17) is 5.73 Å². The predicted molar refractivity (Wildman–Crippen MR) is 79.0 cm³/mol. The van der Waals surface area contributed by atoms with Gasteiger partial charge in [-0.05, 0) is 19.4 Å². The lowest BCUT2D eigenvalue weighted by atomic mass is 10.1. The van der Waals surface area contributed by atoms with Gasteiger partial charge in [-0.2, -0.15) is 0 Å². The van der Waals surface area contributed by atoms with Gasteiger partial charge in [0.25, 0.3) is 0 Å². The first-order chi connectivity index (χ1) is 9.93. The summed E-state index contributed by atoms with van der Waals surface area (Å²) >= 11 is 0. The highest BCUT2D eigenvalue weighted by atomic mass is 16.2. The van der Waals surface area contributed by atoms with Gasteiger partial charge in [-0.25, -0.2) is 0 Å². The molecule has 2 amide bonds. The van der Waals surface area contributed by atoms with Crippen molar-refractivity contribution in [2.45, 2.75) is 38.4 Å². The molecule has 4 N–H and O–H groups in total. The molecule has 0 bridgehead atoms. The van der Waals surface area contributed by atoms with E-state index in [9.17, 15) is 14.4 Å². The fourth-order valence-electron chi connectivity index (χ4n) is 1.68. The quantitative estimate of drug-likeness (QED) is 0.640. The lowest BCUT2D eigenvalue weighted by molar-refractivity contribution is -0.129. The molecular formula is C15H20N3O3. The zero-order valence-corrected chi connectivity index (χ0v) is 12.1. The van der Waals surface area contributed by atoms with Crippen molar-refractivity contribution < 1.29 is 14.4 Å². The maximum absolute atomic E-state index is 11.9. The van der Waals surface area contributed by atoms with Crippen molar-refractivity contribution in [3.63, 3.8) is 0 Å². The monoisotopic (exact) mass is 290 g/mol. The molecule has 0 aromatic heterocycles. The average Bonchev–Trinajstić information content (AvgIpc) is 2.47. The Kier molecular flexibility index (Phi) is 6.55. The molecule has 113 valence electrons. The topological polar surface area (TPSA) is 101 Å². The zero-order chi connectivity index (χ0) is 15.8. The first-order valence-electron chi connectivity index (χ1n) is 6.72. The van der Waals surface area contributed by atoms with Crippen molar-refractivity contribution in [3.8, 4) is 0 Å². The molecule has 0 aliphatic heterocycles. The molecule has 0 spiro atoms. The van der Waals surface area contributed by atoms with Crippen molar-refractivity contribution in [2.24, 2.45) is 5.73 Å². The van der Waals surface area contributed by atoms with Gasteiger partial charge in [0.15, 0.2) is 0 Å². The smallest absolute Gasteiger partial charge is 0.242 e. The fourth-order valence-corrected chi connectivity index (χ4v) is 1.68. The number of nitrogens with one attached hydrogen (secondary N) is 2. The molecule has 0 saturated heterocycles. The van der Waals surface area contributed by atoms with E-state index in [0.29, 0.717) is 6.42 Å². The summed E-state index contributed by atoms with van der Waals surface area (Å²) < 4.78 is 0. The summed E-state index contributed by atoms with van der Waals surface area (Å²) in [5.74, 6) is -0.874. The molecule has 0 aliphatic rings. The van der Waals surface area contributed by atoms with Crippen LogP contribution in [0.5, 0.6) is 0 Å². The number of benzene rings is 1. The molecule has 0 heterocycles. The van der Waals surface area contributed by atoms with Gasteiger partial charge in [0, 0.05) is 6.42 Å². The van der Waals surface area contributed by atoms with Crippen LogP contribution < -0.4 is 16.4 Å². The molecule has 0 unspecified atom stereocenters. The predicted octanol–water partition coefficient (Wildman–Crippen LogP) is -0.324. The molecule has 6 heteroatoms. The summed E-state index contributed by atoms with van der Waals surface area (Å²) in [7, 11) is 0. The zero-order valence-electron chi connectivity index (χ0n) is 12.1. The highest BCUT2D eigenvalue weighted by molar-refractivity contribution is 5.90. The van der Waals surface area contributed by atoms with Crippen LogP contribution in [0.4, 0.5) is 0 Å². The van der Waals surface area contributed by atoms with Crippen LogP contribution in [-0.4, -0.2) is 36.2 Å². The number of amides is 2. The van der Waals surface area contributed by atoms with Crippen LogP contribution in [0.15, 0.2) is 30.3 Å². The summed E-state index contributed by atoms with van der Waals surface area (Å²) in [5.41, 5.74) is 6.32. The first-order valence-corrected chi connectivity index (χ1v) is 6.72. The average molecular weight is 290 g/mol. The van der Waals surface area contributed by atoms with Gasteiger partial charge >= 0.3 is 0 Å². The van der Waals surface area contributed by atoms with E-state index in [2.05, 4.69) is 10.6 Å². The van der Waals surface area contributed by atoms with Crippen LogP contribution >= 0.6 is 0 Å². The van der Waals surface area contributed by atoms with E-state index in [1.165, 1.54) is 13.8 Å². The standard InChI is InChI=1S/C15H20N3O3/c1-10(16)14(20)17-11(2)15(21)18-13(9-19)8-12-6-4-3-5-7-12/h3-7,10-11,13H,8,16H2,1-2H3,(H,17,20)(H,18,21)/t10-,11-,13-/m0/s1. The Balaban J connectivity index is 2.54. The van der Waals surface area contributed by atoms with E-state index in [1.807, 2.05) is 30.3 Å². The Hall–Kier alpha value is -2.21. The summed E-state index contributed by atoms with van der Waals surface area (Å²) in [5, 5.41) is 5.01. The van der Waals surface area contributed by atoms with Gasteiger partial charge in [0.05, 0.1) is 12.1 Å². The second kappa shape index (κ2) is 8.16. The van der Waals surface area contributed by atoms with Crippen molar-refractivity contribution in [1.29, 1.82) is 0 Å². The second-order valence-electron chi connectivity index (χ2n) is 4.89. The molecule has 1 radical (unpaired) electrons. The number of nitrogens with two attached hydrogens (primary N) is 1. The third-order valence-corrected chi connectivity index (χ3v) is 2.91. The second-order valence-corrected chi connectivity index (χ2v) is 4.89. The van der Waals surface area contributed by atoms with Crippen molar-refractivity contribution in [1.82, 2.24) is 10.6 Å². The Labute approximate surface area is 124 Å². The minimum absolute atomic E-state index is 0.351. The molecule has 6 nitrogen and oxygen atoms in total. The number of rotatable bonds is 7. The number of hydrogen-bond acceptors (Lipinski definition) is 4. The number of carbonyl (C=O) groups excluding carboxylic acids is 3. The van der Waals surface area contributed by atoms with Crippen LogP contribution in [0.3, 0.4) is 0 Å². The highest BCUT2D eigenvalue weighted by Crippen LogP contribution is 2.02. The largest absolute Gasteiger partial charge is 0.344 e. The molecule has 0 fully saturated rings. The molecule has 21 heavy (non-hydrogen) atoms. The highest BCUT2D eigenvalue weighted by Gasteiger charge is 2.20. The molecule has 1 rings (SSSR count). The summed E-state index contributed by atoms with van der Waals surface area (Å²) in [4.78, 5) is 34.3. The molecule has 0 aliphatic carbocycles. The lowest BCUT2D eigenvalue weighted by Gasteiger charge is -2.18. The van der Waals surface area contributed by atoms with Gasteiger partial charge in [-0.15, -0.1) is 0 Å². The van der Waals surface area contributed by atoms with Crippen LogP contribution in [0.2, 0.25) is 0 Å². The van der Waals surface area contributed by atoms with E-state index in [0.717, 1.165) is 5.56 Å². The Bertz CT molecular complexity index is 488. The summed E-state index contributed by atoms with van der Waals surface area (Å²) in [6, 6.07) is 7.07. The minimum Gasteiger partial charge on any atom is -0.344 e. The summed E-state index contributed by atoms with van der Waals surface area (Å²) in [6.07, 6.45) is 2.14. The van der Waals surface area contributed by atoms with Gasteiger partial charge in [-0.3, -0.25) is 14.4 Å². The van der Waals surface area contributed by atoms with Gasteiger partial charge in [0.1, 0.15) is 6.04 Å². The van der Waals surface area contributed by atoms with Crippen molar-refractivity contribution in [2.75, 3.05) is 0 Å². The van der Waals surface area contributed by atoms with Crippen LogP contribution in [0, 0.1) is 0 Å². The molecule has 1 aromatic rings. The third-order valence-electron chi connectivity index (χ3n) is 2.91. The maximum Gasteiger partial charge on any atom is 0.242 e. The molecule has 1 aromatic carbocycles. The lowest BCUT2D eigenvalue weighted by Crippen LogP contribution is -2.52. The van der Waals surface area contributed by atoms with E-state index in [1.54, 1.807) is 6.29 Å². The number of hydrogen-bond donors (Lipinski definition) is 3. The normalized spacial score (nSPS) is 14.6. The van der Waals surface area contributed by atoms with E-state index in [-0.39, 0.29) is 0 Å². The van der Waals surface area contributed by atoms with Crippen molar-refractivity contribution in [3.05, 3.63) is 35.9 Å². The Morgan fingerprint density at radius 2 is 1.76 bits per heavy atom. The maximum atomic E-state index is 11.9. The minimum atomic E-state index is -0.768. The summed E-state index contributed by atoms with van der Waals surface area (Å²) in [6.45, 7) is 3.05. The van der Waals surface area contributed by atoms with Gasteiger partial charge < -0.3 is 16.4 Å². The van der Waals surface area contributed by atoms with Crippen LogP contribution in [-0.2, 0) is 20.8 Å². The molecule has 0 saturated carbocycles. The van der Waals surface area contributed by atoms with E-state index < -0.39 is 29.9 Å². The third kappa shape index (κ3) is 5.74. The van der Waals surface area contributed by atoms with Crippen LogP contribution in [0.1, 0.15) is 19.4 Å².